The van der Waals surface area contributed by atoms with Gasteiger partial charge in [0.15, 0.2) is 0 Å². The average molecular weight is 478 g/mol. The Hall–Kier alpha value is -2.58. The largest absolute Gasteiger partial charge is 0.381 e. The average Bonchev–Trinajstić information content (AvgIpc) is 3.09. The Morgan fingerprint density at radius 1 is 1.15 bits per heavy atom. The number of hydrogen-bond acceptors (Lipinski definition) is 4. The lowest BCUT2D eigenvalue weighted by Crippen LogP contribution is -2.50. The summed E-state index contributed by atoms with van der Waals surface area (Å²) in [6, 6.07) is 3.82. The van der Waals surface area contributed by atoms with E-state index in [2.05, 4.69) is 10.3 Å². The molecule has 6 nitrogen and oxygen atoms in total. The van der Waals surface area contributed by atoms with Crippen molar-refractivity contribution in [2.24, 2.45) is 11.8 Å². The van der Waals surface area contributed by atoms with E-state index in [1.165, 1.54) is 0 Å². The van der Waals surface area contributed by atoms with Crippen LogP contribution in [0.2, 0.25) is 5.02 Å². The van der Waals surface area contributed by atoms with Gasteiger partial charge in [0.25, 0.3) is 5.91 Å². The third-order valence-electron chi connectivity index (χ3n) is 6.21. The molecule has 1 aromatic carbocycles. The maximum Gasteiger partial charge on any atom is 0.254 e. The van der Waals surface area contributed by atoms with Crippen LogP contribution in [-0.2, 0) is 9.53 Å². The monoisotopic (exact) mass is 477 g/mol. The number of pyridine rings is 1. The van der Waals surface area contributed by atoms with Crippen LogP contribution in [-0.4, -0.2) is 47.5 Å². The fourth-order valence-corrected chi connectivity index (χ4v) is 4.71. The highest BCUT2D eigenvalue weighted by atomic mass is 35.5. The number of halogens is 3. The molecule has 9 heteroatoms. The van der Waals surface area contributed by atoms with Crippen LogP contribution >= 0.6 is 11.6 Å². The van der Waals surface area contributed by atoms with Crippen LogP contribution in [0.1, 0.15) is 46.7 Å². The van der Waals surface area contributed by atoms with Gasteiger partial charge in [-0.05, 0) is 50.5 Å². The first-order valence-corrected chi connectivity index (χ1v) is 11.3. The molecule has 0 aliphatic carbocycles. The third-order valence-corrected chi connectivity index (χ3v) is 6.50. The molecule has 0 bridgehead atoms. The van der Waals surface area contributed by atoms with Gasteiger partial charge in [0.2, 0.25) is 5.91 Å². The highest BCUT2D eigenvalue weighted by Crippen LogP contribution is 2.33. The fraction of sp³-hybridized carbons (Fsp3) is 0.458. The Labute approximate surface area is 196 Å². The van der Waals surface area contributed by atoms with E-state index in [0.717, 1.165) is 23.5 Å². The number of aromatic nitrogens is 1. The van der Waals surface area contributed by atoms with Gasteiger partial charge in [-0.15, -0.1) is 0 Å². The van der Waals surface area contributed by atoms with Gasteiger partial charge in [0.05, 0.1) is 24.3 Å². The van der Waals surface area contributed by atoms with Crippen molar-refractivity contribution in [2.45, 2.75) is 39.3 Å². The zero-order chi connectivity index (χ0) is 23.9. The van der Waals surface area contributed by atoms with Crippen molar-refractivity contribution in [1.29, 1.82) is 0 Å². The number of aryl methyl sites for hydroxylation is 2. The minimum atomic E-state index is -0.795. The SMILES string of the molecule is Cc1cc(C(=O)N2C[C@H](C)C[C@@H]2C(=O)N[C@@H](c2cc(F)c(Cl)cc2F)C2COC2)cc(C)n1. The number of carbonyl (C=O) groups excluding carboxylic acids is 2. The Morgan fingerprint density at radius 2 is 1.82 bits per heavy atom. The van der Waals surface area contributed by atoms with Crippen LogP contribution in [0.4, 0.5) is 8.78 Å². The van der Waals surface area contributed by atoms with Crippen molar-refractivity contribution >= 4 is 23.4 Å². The molecule has 2 saturated heterocycles. The Balaban J connectivity index is 1.59. The van der Waals surface area contributed by atoms with Gasteiger partial charge in [-0.25, -0.2) is 8.78 Å². The first-order valence-electron chi connectivity index (χ1n) is 10.9. The summed E-state index contributed by atoms with van der Waals surface area (Å²) < 4.78 is 34.0. The molecule has 2 fully saturated rings. The van der Waals surface area contributed by atoms with Crippen molar-refractivity contribution in [1.82, 2.24) is 15.2 Å². The van der Waals surface area contributed by atoms with Crippen molar-refractivity contribution in [3.05, 3.63) is 63.4 Å². The van der Waals surface area contributed by atoms with Gasteiger partial charge in [0, 0.05) is 35.0 Å². The van der Waals surface area contributed by atoms with E-state index >= 15 is 0 Å². The lowest BCUT2D eigenvalue weighted by molar-refractivity contribution is -0.128. The summed E-state index contributed by atoms with van der Waals surface area (Å²) >= 11 is 5.70. The number of rotatable bonds is 5. The number of nitrogens with one attached hydrogen (secondary N) is 1. The zero-order valence-corrected chi connectivity index (χ0v) is 19.5. The molecule has 1 aromatic heterocycles. The molecule has 176 valence electrons. The molecule has 1 N–H and O–H groups in total. The van der Waals surface area contributed by atoms with Crippen molar-refractivity contribution < 1.29 is 23.1 Å². The molecule has 2 aromatic rings. The molecule has 2 aliphatic rings. The van der Waals surface area contributed by atoms with Gasteiger partial charge in [0.1, 0.15) is 17.7 Å². The zero-order valence-electron chi connectivity index (χ0n) is 18.7. The summed E-state index contributed by atoms with van der Waals surface area (Å²) in [4.78, 5) is 32.5. The highest BCUT2D eigenvalue weighted by Gasteiger charge is 2.41. The molecule has 3 atom stereocenters. The summed E-state index contributed by atoms with van der Waals surface area (Å²) in [7, 11) is 0. The van der Waals surface area contributed by atoms with Crippen LogP contribution in [0.3, 0.4) is 0 Å². The second kappa shape index (κ2) is 9.35. The second-order valence-corrected chi connectivity index (χ2v) is 9.43. The summed E-state index contributed by atoms with van der Waals surface area (Å²) in [5, 5.41) is 2.55. The summed E-state index contributed by atoms with van der Waals surface area (Å²) in [6.45, 7) is 6.65. The maximum absolute atomic E-state index is 14.7. The van der Waals surface area contributed by atoms with Gasteiger partial charge in [-0.3, -0.25) is 14.6 Å². The van der Waals surface area contributed by atoms with Crippen molar-refractivity contribution in [3.63, 3.8) is 0 Å². The standard InChI is InChI=1S/C24H26ClF2N3O3/c1-12-4-21(30(9-12)24(32)15-5-13(2)28-14(3)6-15)23(31)29-22(16-10-33-11-16)17-7-20(27)18(25)8-19(17)26/h5-8,12,16,21-22H,4,9-11H2,1-3H3,(H,29,31)/t12-,21-,22-/m1/s1. The molecular formula is C24H26ClF2N3O3. The van der Waals surface area contributed by atoms with Crippen LogP contribution in [0, 0.1) is 37.3 Å². The highest BCUT2D eigenvalue weighted by molar-refractivity contribution is 6.30. The smallest absolute Gasteiger partial charge is 0.254 e. The lowest BCUT2D eigenvalue weighted by Gasteiger charge is -2.36. The molecule has 4 rings (SSSR count). The number of likely N-dealkylation sites (tertiary alicyclic amines) is 1. The van der Waals surface area contributed by atoms with E-state index in [1.54, 1.807) is 17.0 Å². The lowest BCUT2D eigenvalue weighted by atomic mass is 9.90. The number of amides is 2. The summed E-state index contributed by atoms with van der Waals surface area (Å²) in [5.41, 5.74) is 1.93. The first kappa shape index (κ1) is 23.6. The van der Waals surface area contributed by atoms with Gasteiger partial charge < -0.3 is 15.0 Å². The maximum atomic E-state index is 14.7. The van der Waals surface area contributed by atoms with Crippen molar-refractivity contribution in [2.75, 3.05) is 19.8 Å². The van der Waals surface area contributed by atoms with Gasteiger partial charge in [-0.2, -0.15) is 0 Å². The molecule has 2 aliphatic heterocycles. The van der Waals surface area contributed by atoms with Crippen LogP contribution in [0.5, 0.6) is 0 Å². The van der Waals surface area contributed by atoms with E-state index in [1.807, 2.05) is 20.8 Å². The minimum Gasteiger partial charge on any atom is -0.381 e. The summed E-state index contributed by atoms with van der Waals surface area (Å²) in [5.74, 6) is -2.21. The number of nitrogens with zero attached hydrogens (tertiary/aromatic N) is 2. The van der Waals surface area contributed by atoms with Crippen LogP contribution in [0.25, 0.3) is 0 Å². The molecular weight excluding hydrogens is 452 g/mol. The van der Waals surface area contributed by atoms with E-state index < -0.39 is 29.6 Å². The number of hydrogen-bond donors (Lipinski definition) is 1. The van der Waals surface area contributed by atoms with Crippen molar-refractivity contribution in [3.8, 4) is 0 Å². The van der Waals surface area contributed by atoms with E-state index in [4.69, 9.17) is 16.3 Å². The third kappa shape index (κ3) is 4.87. The molecule has 0 unspecified atom stereocenters. The second-order valence-electron chi connectivity index (χ2n) is 9.02. The molecule has 0 saturated carbocycles. The molecule has 3 heterocycles. The normalized spacial score (nSPS) is 21.6. The quantitative estimate of drug-likeness (QED) is 0.661. The molecule has 0 spiro atoms. The minimum absolute atomic E-state index is 0.0165. The number of ether oxygens (including phenoxy) is 1. The summed E-state index contributed by atoms with van der Waals surface area (Å²) in [6.07, 6.45) is 0.478. The van der Waals surface area contributed by atoms with Crippen LogP contribution < -0.4 is 5.32 Å². The fourth-order valence-electron chi connectivity index (χ4n) is 4.56. The van der Waals surface area contributed by atoms with Gasteiger partial charge in [-0.1, -0.05) is 18.5 Å². The molecule has 2 amide bonds. The number of carbonyl (C=O) groups is 2. The predicted octanol–water partition coefficient (Wildman–Crippen LogP) is 3.98. The Morgan fingerprint density at radius 3 is 2.42 bits per heavy atom. The Kier molecular flexibility index (Phi) is 6.68. The van der Waals surface area contributed by atoms with E-state index in [0.29, 0.717) is 31.7 Å². The number of benzene rings is 1. The van der Waals surface area contributed by atoms with E-state index in [9.17, 15) is 18.4 Å². The predicted molar refractivity (Wildman–Crippen MR) is 119 cm³/mol. The Bertz CT molecular complexity index is 1070. The topological polar surface area (TPSA) is 71.5 Å². The first-order chi connectivity index (χ1) is 15.6. The van der Waals surface area contributed by atoms with E-state index in [-0.39, 0.29) is 28.3 Å². The van der Waals surface area contributed by atoms with Gasteiger partial charge >= 0.3 is 0 Å². The molecule has 33 heavy (non-hydrogen) atoms. The van der Waals surface area contributed by atoms with Crippen LogP contribution in [0.15, 0.2) is 24.3 Å². The molecule has 0 radical (unpaired) electrons.